The standard InChI is InChI=1S/C10H14N2OS/c11-10(13)8-12-6-7-14-9-4-2-1-3-5-9/h1-5,12H,6-8H2,(H2,11,13). The lowest BCUT2D eigenvalue weighted by Crippen LogP contribution is -2.29. The van der Waals surface area contributed by atoms with Crippen molar-refractivity contribution in [2.45, 2.75) is 4.90 Å². The first kappa shape index (κ1) is 11.1. The first-order valence-corrected chi connectivity index (χ1v) is 5.44. The fourth-order valence-corrected chi connectivity index (χ4v) is 1.80. The molecule has 1 aromatic carbocycles. The molecule has 0 aromatic heterocycles. The molecule has 76 valence electrons. The third-order valence-electron chi connectivity index (χ3n) is 1.59. The van der Waals surface area contributed by atoms with Crippen LogP contribution in [0.25, 0.3) is 0 Å². The molecule has 14 heavy (non-hydrogen) atoms. The summed E-state index contributed by atoms with van der Waals surface area (Å²) >= 11 is 1.76. The van der Waals surface area contributed by atoms with Gasteiger partial charge in [-0.25, -0.2) is 0 Å². The summed E-state index contributed by atoms with van der Waals surface area (Å²) in [6.45, 7) is 1.05. The van der Waals surface area contributed by atoms with Crippen molar-refractivity contribution in [1.29, 1.82) is 0 Å². The Morgan fingerprint density at radius 2 is 2.07 bits per heavy atom. The van der Waals surface area contributed by atoms with Crippen LogP contribution in [-0.4, -0.2) is 24.7 Å². The zero-order valence-corrected chi connectivity index (χ0v) is 8.72. The second-order valence-corrected chi connectivity index (χ2v) is 3.97. The summed E-state index contributed by atoms with van der Waals surface area (Å²) < 4.78 is 0. The third kappa shape index (κ3) is 4.89. The molecule has 0 saturated carbocycles. The fraction of sp³-hybridized carbons (Fsp3) is 0.300. The van der Waals surface area contributed by atoms with Crippen molar-refractivity contribution in [3.05, 3.63) is 30.3 Å². The van der Waals surface area contributed by atoms with Crippen LogP contribution in [-0.2, 0) is 4.79 Å². The fourth-order valence-electron chi connectivity index (χ4n) is 0.969. The molecule has 0 radical (unpaired) electrons. The first-order chi connectivity index (χ1) is 6.79. The van der Waals surface area contributed by atoms with Gasteiger partial charge in [0.05, 0.1) is 6.54 Å². The minimum atomic E-state index is -0.310. The van der Waals surface area contributed by atoms with E-state index in [-0.39, 0.29) is 12.5 Å². The number of carbonyl (C=O) groups excluding carboxylic acids is 1. The highest BCUT2D eigenvalue weighted by Crippen LogP contribution is 2.15. The van der Waals surface area contributed by atoms with Gasteiger partial charge >= 0.3 is 0 Å². The largest absolute Gasteiger partial charge is 0.369 e. The van der Waals surface area contributed by atoms with Crippen molar-refractivity contribution in [3.8, 4) is 0 Å². The summed E-state index contributed by atoms with van der Waals surface area (Å²) in [6, 6.07) is 10.2. The minimum absolute atomic E-state index is 0.259. The van der Waals surface area contributed by atoms with E-state index in [0.29, 0.717) is 0 Å². The molecular formula is C10H14N2OS. The molecule has 1 amide bonds. The van der Waals surface area contributed by atoms with Gasteiger partial charge in [0.15, 0.2) is 0 Å². The van der Waals surface area contributed by atoms with Crippen molar-refractivity contribution in [3.63, 3.8) is 0 Å². The van der Waals surface area contributed by atoms with Crippen LogP contribution in [0.4, 0.5) is 0 Å². The zero-order valence-electron chi connectivity index (χ0n) is 7.90. The SMILES string of the molecule is NC(=O)CNCCSc1ccccc1. The molecule has 1 aromatic rings. The van der Waals surface area contributed by atoms with Gasteiger partial charge in [-0.05, 0) is 12.1 Å². The molecule has 0 heterocycles. The summed E-state index contributed by atoms with van der Waals surface area (Å²) in [6.07, 6.45) is 0. The smallest absolute Gasteiger partial charge is 0.231 e. The predicted molar refractivity (Wildman–Crippen MR) is 59.2 cm³/mol. The Morgan fingerprint density at radius 3 is 2.71 bits per heavy atom. The molecule has 0 saturated heterocycles. The molecule has 0 aliphatic carbocycles. The van der Waals surface area contributed by atoms with Gasteiger partial charge in [-0.1, -0.05) is 18.2 Å². The van der Waals surface area contributed by atoms with Crippen LogP contribution in [0.1, 0.15) is 0 Å². The Hall–Kier alpha value is -1.00. The molecular weight excluding hydrogens is 196 g/mol. The number of carbonyl (C=O) groups is 1. The van der Waals surface area contributed by atoms with Gasteiger partial charge < -0.3 is 11.1 Å². The molecule has 0 atom stereocenters. The van der Waals surface area contributed by atoms with Crippen molar-refractivity contribution < 1.29 is 4.79 Å². The summed E-state index contributed by atoms with van der Waals surface area (Å²) in [7, 11) is 0. The van der Waals surface area contributed by atoms with E-state index in [0.717, 1.165) is 12.3 Å². The number of hydrogen-bond donors (Lipinski definition) is 2. The lowest BCUT2D eigenvalue weighted by atomic mass is 10.4. The molecule has 0 spiro atoms. The minimum Gasteiger partial charge on any atom is -0.369 e. The van der Waals surface area contributed by atoms with Gasteiger partial charge in [0.1, 0.15) is 0 Å². The number of thioether (sulfide) groups is 1. The predicted octanol–water partition coefficient (Wildman–Crippen LogP) is 0.854. The van der Waals surface area contributed by atoms with E-state index in [2.05, 4.69) is 17.4 Å². The van der Waals surface area contributed by atoms with Crippen LogP contribution in [0.15, 0.2) is 35.2 Å². The second kappa shape index (κ2) is 6.45. The molecule has 0 bridgehead atoms. The van der Waals surface area contributed by atoms with E-state index in [1.54, 1.807) is 11.8 Å². The lowest BCUT2D eigenvalue weighted by molar-refractivity contribution is -0.117. The Kier molecular flexibility index (Phi) is 5.11. The average molecular weight is 210 g/mol. The number of rotatable bonds is 6. The van der Waals surface area contributed by atoms with Gasteiger partial charge in [0, 0.05) is 17.2 Å². The van der Waals surface area contributed by atoms with E-state index in [4.69, 9.17) is 5.73 Å². The topological polar surface area (TPSA) is 55.1 Å². The van der Waals surface area contributed by atoms with Gasteiger partial charge in [-0.2, -0.15) is 0 Å². The average Bonchev–Trinajstić information content (AvgIpc) is 2.18. The van der Waals surface area contributed by atoms with Crippen molar-refractivity contribution >= 4 is 17.7 Å². The quantitative estimate of drug-likeness (QED) is 0.541. The van der Waals surface area contributed by atoms with Gasteiger partial charge in [0.25, 0.3) is 0 Å². The summed E-state index contributed by atoms with van der Waals surface area (Å²) in [4.78, 5) is 11.6. The van der Waals surface area contributed by atoms with E-state index >= 15 is 0 Å². The van der Waals surface area contributed by atoms with E-state index in [1.165, 1.54) is 4.90 Å². The number of hydrogen-bond acceptors (Lipinski definition) is 3. The molecule has 0 aliphatic heterocycles. The van der Waals surface area contributed by atoms with Crippen molar-refractivity contribution in [2.24, 2.45) is 5.73 Å². The Morgan fingerprint density at radius 1 is 1.36 bits per heavy atom. The van der Waals surface area contributed by atoms with Crippen molar-refractivity contribution in [2.75, 3.05) is 18.8 Å². The number of amides is 1. The van der Waals surface area contributed by atoms with E-state index < -0.39 is 0 Å². The van der Waals surface area contributed by atoms with E-state index in [1.807, 2.05) is 18.2 Å². The van der Waals surface area contributed by atoms with Crippen LogP contribution in [0.3, 0.4) is 0 Å². The number of primary amides is 1. The highest BCUT2D eigenvalue weighted by molar-refractivity contribution is 7.99. The number of benzene rings is 1. The molecule has 0 aliphatic rings. The van der Waals surface area contributed by atoms with Gasteiger partial charge in [-0.15, -0.1) is 11.8 Å². The highest BCUT2D eigenvalue weighted by atomic mass is 32.2. The van der Waals surface area contributed by atoms with Crippen LogP contribution in [0, 0.1) is 0 Å². The maximum atomic E-state index is 10.4. The maximum absolute atomic E-state index is 10.4. The van der Waals surface area contributed by atoms with Crippen LogP contribution < -0.4 is 11.1 Å². The lowest BCUT2D eigenvalue weighted by Gasteiger charge is -2.02. The Labute approximate surface area is 88.1 Å². The van der Waals surface area contributed by atoms with Crippen LogP contribution in [0.5, 0.6) is 0 Å². The summed E-state index contributed by atoms with van der Waals surface area (Å²) in [5, 5.41) is 2.96. The van der Waals surface area contributed by atoms with E-state index in [9.17, 15) is 4.79 Å². The molecule has 3 nitrogen and oxygen atoms in total. The molecule has 0 fully saturated rings. The molecule has 0 unspecified atom stereocenters. The highest BCUT2D eigenvalue weighted by Gasteiger charge is 1.94. The monoisotopic (exact) mass is 210 g/mol. The number of nitrogens with two attached hydrogens (primary N) is 1. The van der Waals surface area contributed by atoms with Crippen molar-refractivity contribution in [1.82, 2.24) is 5.32 Å². The molecule has 4 heteroatoms. The normalized spacial score (nSPS) is 10.0. The molecule has 3 N–H and O–H groups in total. The molecule has 1 rings (SSSR count). The van der Waals surface area contributed by atoms with Crippen LogP contribution in [0.2, 0.25) is 0 Å². The Bertz CT molecular complexity index is 277. The third-order valence-corrected chi connectivity index (χ3v) is 2.60. The second-order valence-electron chi connectivity index (χ2n) is 2.80. The van der Waals surface area contributed by atoms with Crippen LogP contribution >= 0.6 is 11.8 Å². The zero-order chi connectivity index (χ0) is 10.2. The van der Waals surface area contributed by atoms with Gasteiger partial charge in [0.2, 0.25) is 5.91 Å². The first-order valence-electron chi connectivity index (χ1n) is 4.46. The summed E-state index contributed by atoms with van der Waals surface area (Å²) in [5.74, 6) is 0.631. The van der Waals surface area contributed by atoms with Gasteiger partial charge in [-0.3, -0.25) is 4.79 Å². The number of nitrogens with one attached hydrogen (secondary N) is 1. The Balaban J connectivity index is 2.08. The summed E-state index contributed by atoms with van der Waals surface area (Å²) in [5.41, 5.74) is 4.98. The maximum Gasteiger partial charge on any atom is 0.231 e.